The fraction of sp³-hybridized carbons (Fsp3) is 0.923. The SMILES string of the molecule is CCC(C)(CCl)NC(=O)C1(CC)CCCC1. The molecule has 94 valence electrons. The Morgan fingerprint density at radius 3 is 2.31 bits per heavy atom. The van der Waals surface area contributed by atoms with E-state index in [0.29, 0.717) is 5.88 Å². The maximum atomic E-state index is 12.4. The van der Waals surface area contributed by atoms with E-state index in [1.54, 1.807) is 0 Å². The molecule has 0 aromatic heterocycles. The van der Waals surface area contributed by atoms with E-state index in [4.69, 9.17) is 11.6 Å². The maximum absolute atomic E-state index is 12.4. The van der Waals surface area contributed by atoms with Gasteiger partial charge in [0.05, 0.1) is 5.54 Å². The monoisotopic (exact) mass is 245 g/mol. The Morgan fingerprint density at radius 2 is 1.94 bits per heavy atom. The summed E-state index contributed by atoms with van der Waals surface area (Å²) >= 11 is 5.93. The Labute approximate surface area is 104 Å². The van der Waals surface area contributed by atoms with Gasteiger partial charge in [0.2, 0.25) is 5.91 Å². The number of hydrogen-bond donors (Lipinski definition) is 1. The minimum atomic E-state index is -0.247. The molecule has 1 atom stereocenters. The van der Waals surface area contributed by atoms with Gasteiger partial charge < -0.3 is 5.32 Å². The van der Waals surface area contributed by atoms with Gasteiger partial charge >= 0.3 is 0 Å². The Balaban J connectivity index is 2.70. The lowest BCUT2D eigenvalue weighted by molar-refractivity contribution is -0.132. The third-order valence-corrected chi connectivity index (χ3v) is 4.80. The highest BCUT2D eigenvalue weighted by Crippen LogP contribution is 2.41. The average molecular weight is 246 g/mol. The molecule has 0 saturated heterocycles. The first-order chi connectivity index (χ1) is 7.52. The Bertz CT molecular complexity index is 242. The van der Waals surface area contributed by atoms with Crippen molar-refractivity contribution in [2.24, 2.45) is 5.41 Å². The summed E-state index contributed by atoms with van der Waals surface area (Å²) in [5.41, 5.74) is -0.355. The fourth-order valence-electron chi connectivity index (χ4n) is 2.42. The molecule has 1 rings (SSSR count). The van der Waals surface area contributed by atoms with Crippen LogP contribution in [-0.2, 0) is 4.79 Å². The van der Waals surface area contributed by atoms with Crippen LogP contribution >= 0.6 is 11.6 Å². The van der Waals surface area contributed by atoms with E-state index < -0.39 is 0 Å². The van der Waals surface area contributed by atoms with E-state index >= 15 is 0 Å². The molecular weight excluding hydrogens is 222 g/mol. The second-order valence-corrected chi connectivity index (χ2v) is 5.61. The maximum Gasteiger partial charge on any atom is 0.226 e. The van der Waals surface area contributed by atoms with Crippen LogP contribution in [0.3, 0.4) is 0 Å². The lowest BCUT2D eigenvalue weighted by atomic mass is 9.81. The fourth-order valence-corrected chi connectivity index (χ4v) is 2.67. The molecule has 2 nitrogen and oxygen atoms in total. The normalized spacial score (nSPS) is 22.8. The van der Waals surface area contributed by atoms with Crippen molar-refractivity contribution in [3.63, 3.8) is 0 Å². The first-order valence-electron chi connectivity index (χ1n) is 6.40. The molecule has 0 bridgehead atoms. The molecule has 1 fully saturated rings. The zero-order valence-corrected chi connectivity index (χ0v) is 11.5. The summed E-state index contributed by atoms with van der Waals surface area (Å²) in [5.74, 6) is 0.701. The van der Waals surface area contributed by atoms with Crippen molar-refractivity contribution in [3.8, 4) is 0 Å². The molecule has 1 aliphatic carbocycles. The second-order valence-electron chi connectivity index (χ2n) is 5.34. The third kappa shape index (κ3) is 2.71. The van der Waals surface area contributed by atoms with Crippen molar-refractivity contribution in [1.29, 1.82) is 0 Å². The number of hydrogen-bond acceptors (Lipinski definition) is 1. The van der Waals surface area contributed by atoms with Crippen LogP contribution in [0.4, 0.5) is 0 Å². The Kier molecular flexibility index (Phi) is 4.66. The summed E-state index contributed by atoms with van der Waals surface area (Å²) in [5, 5.41) is 3.16. The van der Waals surface area contributed by atoms with E-state index in [2.05, 4.69) is 19.2 Å². The van der Waals surface area contributed by atoms with E-state index in [1.807, 2.05) is 6.92 Å². The zero-order chi connectivity index (χ0) is 12.2. The molecule has 0 heterocycles. The summed E-state index contributed by atoms with van der Waals surface area (Å²) in [6.07, 6.45) is 6.27. The lowest BCUT2D eigenvalue weighted by Crippen LogP contribution is -2.52. The summed E-state index contributed by atoms with van der Waals surface area (Å²) in [7, 11) is 0. The molecule has 0 aliphatic heterocycles. The van der Waals surface area contributed by atoms with Crippen LogP contribution in [0.15, 0.2) is 0 Å². The standard InChI is InChI=1S/C13H24ClNO/c1-4-12(3,10-14)15-11(16)13(5-2)8-6-7-9-13/h4-10H2,1-3H3,(H,15,16). The lowest BCUT2D eigenvalue weighted by Gasteiger charge is -2.34. The first-order valence-corrected chi connectivity index (χ1v) is 6.94. The predicted molar refractivity (Wildman–Crippen MR) is 68.8 cm³/mol. The van der Waals surface area contributed by atoms with E-state index in [1.165, 1.54) is 12.8 Å². The average Bonchev–Trinajstić information content (AvgIpc) is 2.78. The molecule has 16 heavy (non-hydrogen) atoms. The number of rotatable bonds is 5. The summed E-state index contributed by atoms with van der Waals surface area (Å²) in [4.78, 5) is 12.4. The van der Waals surface area contributed by atoms with Gasteiger partial charge in [-0.25, -0.2) is 0 Å². The van der Waals surface area contributed by atoms with Gasteiger partial charge in [0.25, 0.3) is 0 Å². The molecule has 3 heteroatoms. The molecule has 1 amide bonds. The second kappa shape index (κ2) is 5.39. The molecule has 0 aromatic carbocycles. The van der Waals surface area contributed by atoms with Crippen molar-refractivity contribution in [1.82, 2.24) is 5.32 Å². The topological polar surface area (TPSA) is 29.1 Å². The third-order valence-electron chi connectivity index (χ3n) is 4.21. The summed E-state index contributed by atoms with van der Waals surface area (Å²) < 4.78 is 0. The van der Waals surface area contributed by atoms with Crippen LogP contribution in [0, 0.1) is 5.41 Å². The highest BCUT2D eigenvalue weighted by atomic mass is 35.5. The molecule has 1 saturated carbocycles. The van der Waals surface area contributed by atoms with Crippen molar-refractivity contribution in [2.75, 3.05) is 5.88 Å². The minimum absolute atomic E-state index is 0.109. The van der Waals surface area contributed by atoms with Gasteiger partial charge in [-0.15, -0.1) is 11.6 Å². The Hall–Kier alpha value is -0.240. The van der Waals surface area contributed by atoms with Gasteiger partial charge in [0.1, 0.15) is 0 Å². The van der Waals surface area contributed by atoms with E-state index in [0.717, 1.165) is 25.7 Å². The van der Waals surface area contributed by atoms with Gasteiger partial charge in [0, 0.05) is 11.3 Å². The molecule has 0 spiro atoms. The van der Waals surface area contributed by atoms with Crippen molar-refractivity contribution >= 4 is 17.5 Å². The van der Waals surface area contributed by atoms with Crippen LogP contribution < -0.4 is 5.32 Å². The van der Waals surface area contributed by atoms with Crippen molar-refractivity contribution in [3.05, 3.63) is 0 Å². The summed E-state index contributed by atoms with van der Waals surface area (Å²) in [6.45, 7) is 6.21. The molecular formula is C13H24ClNO. The smallest absolute Gasteiger partial charge is 0.226 e. The van der Waals surface area contributed by atoms with E-state index in [9.17, 15) is 4.79 Å². The molecule has 1 N–H and O–H groups in total. The number of halogens is 1. The highest BCUT2D eigenvalue weighted by Gasteiger charge is 2.41. The Morgan fingerprint density at radius 1 is 1.38 bits per heavy atom. The zero-order valence-electron chi connectivity index (χ0n) is 10.7. The highest BCUT2D eigenvalue weighted by molar-refractivity contribution is 6.18. The molecule has 0 aromatic rings. The van der Waals surface area contributed by atoms with Gasteiger partial charge in [0.15, 0.2) is 0 Å². The van der Waals surface area contributed by atoms with Gasteiger partial charge in [-0.1, -0.05) is 26.7 Å². The van der Waals surface area contributed by atoms with Crippen molar-refractivity contribution < 1.29 is 4.79 Å². The van der Waals surface area contributed by atoms with Gasteiger partial charge in [-0.2, -0.15) is 0 Å². The van der Waals surface area contributed by atoms with Gasteiger partial charge in [-0.3, -0.25) is 4.79 Å². The number of carbonyl (C=O) groups excluding carboxylic acids is 1. The largest absolute Gasteiger partial charge is 0.349 e. The van der Waals surface area contributed by atoms with Crippen LogP contribution in [-0.4, -0.2) is 17.3 Å². The van der Waals surface area contributed by atoms with Crippen LogP contribution in [0.1, 0.15) is 59.3 Å². The number of carbonyl (C=O) groups is 1. The minimum Gasteiger partial charge on any atom is -0.349 e. The quantitative estimate of drug-likeness (QED) is 0.739. The molecule has 1 unspecified atom stereocenters. The predicted octanol–water partition coefficient (Wildman–Crippen LogP) is 3.48. The van der Waals surface area contributed by atoms with Crippen molar-refractivity contribution in [2.45, 2.75) is 64.8 Å². The molecule has 1 aliphatic rings. The van der Waals surface area contributed by atoms with Crippen LogP contribution in [0.25, 0.3) is 0 Å². The van der Waals surface area contributed by atoms with Crippen LogP contribution in [0.2, 0.25) is 0 Å². The summed E-state index contributed by atoms with van der Waals surface area (Å²) in [6, 6.07) is 0. The first kappa shape index (κ1) is 13.8. The van der Waals surface area contributed by atoms with Crippen LogP contribution in [0.5, 0.6) is 0 Å². The number of nitrogens with one attached hydrogen (secondary N) is 1. The van der Waals surface area contributed by atoms with Gasteiger partial charge in [-0.05, 0) is 32.6 Å². The van der Waals surface area contributed by atoms with E-state index in [-0.39, 0.29) is 16.9 Å². The number of alkyl halides is 1. The molecule has 0 radical (unpaired) electrons. The number of amides is 1.